The van der Waals surface area contributed by atoms with Gasteiger partial charge in [0.05, 0.1) is 32.6 Å². The molecule has 0 heterocycles. The second-order valence-electron chi connectivity index (χ2n) is 4.66. The van der Waals surface area contributed by atoms with Crippen molar-refractivity contribution in [3.8, 4) is 0 Å². The average molecular weight is 275 g/mol. The van der Waals surface area contributed by atoms with Crippen molar-refractivity contribution in [3.05, 3.63) is 30.3 Å². The summed E-state index contributed by atoms with van der Waals surface area (Å²) in [7, 11) is 2.91. The van der Waals surface area contributed by atoms with Gasteiger partial charge in [-0.05, 0) is 19.1 Å². The normalized spacial score (nSPS) is 11.6. The first kappa shape index (κ1) is 17.1. The van der Waals surface area contributed by atoms with Gasteiger partial charge in [-0.3, -0.25) is 4.18 Å². The largest absolute Gasteiger partial charge is 0.331 e. The molecule has 0 aliphatic rings. The van der Waals surface area contributed by atoms with E-state index in [1.165, 1.54) is 18.7 Å². The Hall–Kier alpha value is -0.950. The smallest absolute Gasteiger partial charge is 0.298 e. The van der Waals surface area contributed by atoms with Gasteiger partial charge in [-0.15, -0.1) is 0 Å². The van der Waals surface area contributed by atoms with Gasteiger partial charge < -0.3 is 10.2 Å². The van der Waals surface area contributed by atoms with Crippen LogP contribution in [0.2, 0.25) is 0 Å². The molecule has 0 fully saturated rings. The zero-order valence-electron chi connectivity index (χ0n) is 11.5. The summed E-state index contributed by atoms with van der Waals surface area (Å²) in [6.45, 7) is 3.05. The molecule has 0 bridgehead atoms. The molecule has 5 nitrogen and oxygen atoms in total. The Bertz CT molecular complexity index is 424. The number of nitrogens with two attached hydrogens (primary N) is 1. The summed E-state index contributed by atoms with van der Waals surface area (Å²) in [5, 5.41) is 0. The molecule has 0 spiro atoms. The van der Waals surface area contributed by atoms with Crippen LogP contribution in [0.1, 0.15) is 6.92 Å². The summed E-state index contributed by atoms with van der Waals surface area (Å²) in [4.78, 5) is 0.121. The third-order valence-corrected chi connectivity index (χ3v) is 3.50. The lowest BCUT2D eigenvalue weighted by Crippen LogP contribution is -2.33. The van der Waals surface area contributed by atoms with Crippen LogP contribution in [0.4, 0.5) is 0 Å². The van der Waals surface area contributed by atoms with Gasteiger partial charge in [0, 0.05) is 0 Å². The van der Waals surface area contributed by atoms with Gasteiger partial charge in [0.15, 0.2) is 0 Å². The van der Waals surface area contributed by atoms with Crippen molar-refractivity contribution in [3.63, 3.8) is 0 Å². The Balaban J connectivity index is 0.000000411. The molecule has 0 aromatic heterocycles. The molecule has 0 aliphatic heterocycles. The molecule has 0 atom stereocenters. The molecule has 18 heavy (non-hydrogen) atoms. The molecule has 0 saturated carbocycles. The number of nitrogens with zero attached hydrogens (tertiary/aromatic N) is 1. The first-order chi connectivity index (χ1) is 8.23. The fourth-order valence-electron chi connectivity index (χ4n) is 0.745. The second-order valence-corrected chi connectivity index (χ2v) is 6.27. The summed E-state index contributed by atoms with van der Waals surface area (Å²) in [6.07, 6.45) is 0. The highest BCUT2D eigenvalue weighted by atomic mass is 32.2. The van der Waals surface area contributed by atoms with Crippen LogP contribution in [0.15, 0.2) is 35.2 Å². The predicted octanol–water partition coefficient (Wildman–Crippen LogP) is 1.02. The van der Waals surface area contributed by atoms with Crippen LogP contribution in [0, 0.1) is 0 Å². The maximum atomic E-state index is 11.1. The zero-order valence-corrected chi connectivity index (χ0v) is 12.3. The van der Waals surface area contributed by atoms with E-state index in [0.29, 0.717) is 0 Å². The number of hydrogen-bond acceptors (Lipinski definition) is 4. The van der Waals surface area contributed by atoms with Crippen molar-refractivity contribution >= 4 is 10.1 Å². The Labute approximate surface area is 110 Å². The Kier molecular flexibility index (Phi) is 7.08. The highest BCUT2D eigenvalue weighted by Crippen LogP contribution is 2.09. The highest BCUT2D eigenvalue weighted by molar-refractivity contribution is 7.86. The SMILES string of the molecule is CC[N+](C)(C)C.NCOS(=O)(=O)c1ccccc1. The fourth-order valence-corrected chi connectivity index (χ4v) is 1.55. The number of benzene rings is 1. The summed E-state index contributed by atoms with van der Waals surface area (Å²) >= 11 is 0. The third kappa shape index (κ3) is 7.39. The Morgan fingerprint density at radius 3 is 1.94 bits per heavy atom. The van der Waals surface area contributed by atoms with Gasteiger partial charge in [-0.1, -0.05) is 18.2 Å². The minimum atomic E-state index is -3.64. The number of quaternary nitrogens is 1. The lowest BCUT2D eigenvalue weighted by molar-refractivity contribution is -0.868. The molecule has 6 heteroatoms. The second kappa shape index (κ2) is 7.48. The lowest BCUT2D eigenvalue weighted by atomic mass is 10.4. The minimum absolute atomic E-state index is 0.121. The van der Waals surface area contributed by atoms with E-state index in [2.05, 4.69) is 32.2 Å². The standard InChI is InChI=1S/C7H9NO3S.C5H14N/c8-6-11-12(9,10)7-4-2-1-3-5-7;1-5-6(2,3)4/h1-5H,6,8H2;5H2,1-4H3/q;+1. The third-order valence-electron chi connectivity index (χ3n) is 2.20. The summed E-state index contributed by atoms with van der Waals surface area (Å²) in [5.74, 6) is 0. The van der Waals surface area contributed by atoms with Crippen LogP contribution in [0.3, 0.4) is 0 Å². The van der Waals surface area contributed by atoms with Crippen LogP contribution in [0.25, 0.3) is 0 Å². The quantitative estimate of drug-likeness (QED) is 0.506. The molecule has 1 rings (SSSR count). The van der Waals surface area contributed by atoms with Crippen LogP contribution in [-0.4, -0.2) is 47.3 Å². The summed E-state index contributed by atoms with van der Waals surface area (Å²) in [5.41, 5.74) is 4.95. The van der Waals surface area contributed by atoms with Crippen molar-refractivity contribution in [1.29, 1.82) is 0 Å². The van der Waals surface area contributed by atoms with E-state index in [4.69, 9.17) is 5.73 Å². The zero-order chi connectivity index (χ0) is 14.2. The molecule has 2 N–H and O–H groups in total. The molecule has 1 aromatic rings. The monoisotopic (exact) mass is 275 g/mol. The molecule has 1 aromatic carbocycles. The number of rotatable bonds is 4. The van der Waals surface area contributed by atoms with Crippen LogP contribution >= 0.6 is 0 Å². The van der Waals surface area contributed by atoms with Crippen molar-refractivity contribution in [2.45, 2.75) is 11.8 Å². The van der Waals surface area contributed by atoms with Gasteiger partial charge in [0.2, 0.25) is 0 Å². The molecule has 0 aliphatic carbocycles. The van der Waals surface area contributed by atoms with E-state index in [1.807, 2.05) is 0 Å². The molecule has 0 radical (unpaired) electrons. The van der Waals surface area contributed by atoms with Crippen LogP contribution in [0.5, 0.6) is 0 Å². The van der Waals surface area contributed by atoms with Crippen molar-refractivity contribution < 1.29 is 17.1 Å². The van der Waals surface area contributed by atoms with Crippen molar-refractivity contribution in [2.75, 3.05) is 34.4 Å². The van der Waals surface area contributed by atoms with E-state index < -0.39 is 10.1 Å². The first-order valence-corrected chi connectivity index (χ1v) is 7.08. The summed E-state index contributed by atoms with van der Waals surface area (Å²) < 4.78 is 27.7. The van der Waals surface area contributed by atoms with Gasteiger partial charge in [0.1, 0.15) is 6.73 Å². The van der Waals surface area contributed by atoms with Crippen LogP contribution < -0.4 is 5.73 Å². The maximum absolute atomic E-state index is 11.1. The van der Waals surface area contributed by atoms with Gasteiger partial charge in [-0.25, -0.2) is 0 Å². The molecular weight excluding hydrogens is 252 g/mol. The van der Waals surface area contributed by atoms with Gasteiger partial charge in [0.25, 0.3) is 10.1 Å². The molecule has 104 valence electrons. The molecule has 0 amide bonds. The Morgan fingerprint density at radius 2 is 1.61 bits per heavy atom. The van der Waals surface area contributed by atoms with Gasteiger partial charge in [-0.2, -0.15) is 8.42 Å². The van der Waals surface area contributed by atoms with Gasteiger partial charge >= 0.3 is 0 Å². The highest BCUT2D eigenvalue weighted by Gasteiger charge is 2.12. The molecular formula is C12H23N2O3S+. The van der Waals surface area contributed by atoms with E-state index in [0.717, 1.165) is 4.48 Å². The topological polar surface area (TPSA) is 69.4 Å². The van der Waals surface area contributed by atoms with E-state index in [1.54, 1.807) is 18.2 Å². The number of hydrogen-bond donors (Lipinski definition) is 1. The maximum Gasteiger partial charge on any atom is 0.298 e. The molecule has 0 unspecified atom stereocenters. The van der Waals surface area contributed by atoms with Crippen LogP contribution in [-0.2, 0) is 14.3 Å². The van der Waals surface area contributed by atoms with Crippen molar-refractivity contribution in [1.82, 2.24) is 0 Å². The van der Waals surface area contributed by atoms with E-state index in [9.17, 15) is 8.42 Å². The average Bonchev–Trinajstić information content (AvgIpc) is 2.30. The van der Waals surface area contributed by atoms with Crippen molar-refractivity contribution in [2.24, 2.45) is 5.73 Å². The minimum Gasteiger partial charge on any atom is -0.331 e. The lowest BCUT2D eigenvalue weighted by Gasteiger charge is -2.20. The predicted molar refractivity (Wildman–Crippen MR) is 72.3 cm³/mol. The van der Waals surface area contributed by atoms with E-state index in [-0.39, 0.29) is 11.6 Å². The fraction of sp³-hybridized carbons (Fsp3) is 0.500. The first-order valence-electron chi connectivity index (χ1n) is 5.68. The molecule has 0 saturated heterocycles. The Morgan fingerprint density at radius 1 is 1.17 bits per heavy atom. The van der Waals surface area contributed by atoms with E-state index >= 15 is 0 Å². The summed E-state index contributed by atoms with van der Waals surface area (Å²) in [6, 6.07) is 7.86.